The highest BCUT2D eigenvalue weighted by Crippen LogP contribution is 2.15. The fourth-order valence-electron chi connectivity index (χ4n) is 1.61. The van der Waals surface area contributed by atoms with Crippen LogP contribution in [-0.2, 0) is 9.59 Å². The van der Waals surface area contributed by atoms with E-state index in [1.54, 1.807) is 25.7 Å². The number of nitrogens with zero attached hydrogens (tertiary/aromatic N) is 3. The van der Waals surface area contributed by atoms with Gasteiger partial charge in [-0.05, 0) is 12.1 Å². The van der Waals surface area contributed by atoms with Gasteiger partial charge < -0.3 is 4.90 Å². The Kier molecular flexibility index (Phi) is 5.28. The normalized spacial score (nSPS) is 9.55. The molecule has 2 rings (SSSR count). The summed E-state index contributed by atoms with van der Waals surface area (Å²) in [5, 5.41) is 2.39. The second-order valence-electron chi connectivity index (χ2n) is 4.54. The van der Waals surface area contributed by atoms with Crippen molar-refractivity contribution in [3.63, 3.8) is 0 Å². The number of amides is 2. The summed E-state index contributed by atoms with van der Waals surface area (Å²) in [5.41, 5.74) is 0.760. The molecule has 2 aromatic rings. The van der Waals surface area contributed by atoms with Crippen LogP contribution in [0.5, 0.6) is 0 Å². The molecule has 1 aromatic carbocycles. The number of carbonyl (C=O) groups excluding carboxylic acids is 2. The van der Waals surface area contributed by atoms with Crippen molar-refractivity contribution in [2.24, 2.45) is 0 Å². The molecule has 0 fully saturated rings. The molecule has 0 aliphatic heterocycles. The van der Waals surface area contributed by atoms with Gasteiger partial charge in [-0.3, -0.25) is 14.5 Å². The third-order valence-corrected chi connectivity index (χ3v) is 3.73. The van der Waals surface area contributed by atoms with Crippen LogP contribution in [0.4, 0.5) is 5.13 Å². The van der Waals surface area contributed by atoms with Crippen LogP contribution in [0.3, 0.4) is 0 Å². The maximum Gasteiger partial charge on any atom is 0.299 e. The molecule has 0 aliphatic rings. The predicted octanol–water partition coefficient (Wildman–Crippen LogP) is 1.62. The maximum absolute atomic E-state index is 12.1. The molecular formula is C16H15N3O2S. The van der Waals surface area contributed by atoms with E-state index in [9.17, 15) is 9.59 Å². The number of aromatic nitrogens is 1. The summed E-state index contributed by atoms with van der Waals surface area (Å²) < 4.78 is 0. The molecule has 6 heteroatoms. The lowest BCUT2D eigenvalue weighted by Crippen LogP contribution is -2.39. The summed E-state index contributed by atoms with van der Waals surface area (Å²) in [6.07, 6.45) is 1.63. The van der Waals surface area contributed by atoms with Crippen LogP contribution >= 0.6 is 11.3 Å². The van der Waals surface area contributed by atoms with Crippen molar-refractivity contribution in [1.82, 2.24) is 9.88 Å². The van der Waals surface area contributed by atoms with Crippen molar-refractivity contribution >= 4 is 28.3 Å². The highest BCUT2D eigenvalue weighted by molar-refractivity contribution is 7.13. The van der Waals surface area contributed by atoms with Crippen molar-refractivity contribution < 1.29 is 9.59 Å². The summed E-state index contributed by atoms with van der Waals surface area (Å²) in [5.74, 6) is 4.70. The van der Waals surface area contributed by atoms with Gasteiger partial charge in [-0.1, -0.05) is 24.1 Å². The first-order chi connectivity index (χ1) is 10.6. The summed E-state index contributed by atoms with van der Waals surface area (Å²) in [6, 6.07) is 9.23. The lowest BCUT2D eigenvalue weighted by Gasteiger charge is -2.18. The van der Waals surface area contributed by atoms with E-state index in [4.69, 9.17) is 0 Å². The predicted molar refractivity (Wildman–Crippen MR) is 86.5 cm³/mol. The average Bonchev–Trinajstić information content (AvgIpc) is 3.07. The van der Waals surface area contributed by atoms with Gasteiger partial charge in [-0.2, -0.15) is 0 Å². The van der Waals surface area contributed by atoms with Gasteiger partial charge in [0, 0.05) is 37.2 Å². The van der Waals surface area contributed by atoms with Gasteiger partial charge in [0.05, 0.1) is 0 Å². The second kappa shape index (κ2) is 7.38. The van der Waals surface area contributed by atoms with E-state index in [1.807, 2.05) is 30.3 Å². The molecule has 0 bridgehead atoms. The Morgan fingerprint density at radius 2 is 1.95 bits per heavy atom. The van der Waals surface area contributed by atoms with Crippen LogP contribution in [0.25, 0.3) is 0 Å². The van der Waals surface area contributed by atoms with Crippen LogP contribution in [0.1, 0.15) is 5.56 Å². The summed E-state index contributed by atoms with van der Waals surface area (Å²) >= 11 is 1.36. The van der Waals surface area contributed by atoms with Crippen molar-refractivity contribution in [2.45, 2.75) is 0 Å². The summed E-state index contributed by atoms with van der Waals surface area (Å²) in [4.78, 5) is 30.8. The van der Waals surface area contributed by atoms with Gasteiger partial charge in [-0.15, -0.1) is 11.3 Å². The minimum atomic E-state index is -0.398. The van der Waals surface area contributed by atoms with E-state index in [0.29, 0.717) is 5.13 Å². The molecule has 5 nitrogen and oxygen atoms in total. The average molecular weight is 313 g/mol. The molecule has 0 radical (unpaired) electrons. The Hall–Kier alpha value is -2.65. The highest BCUT2D eigenvalue weighted by Gasteiger charge is 2.17. The number of carbonyl (C=O) groups is 2. The maximum atomic E-state index is 12.1. The topological polar surface area (TPSA) is 53.5 Å². The lowest BCUT2D eigenvalue weighted by molar-refractivity contribution is -0.129. The van der Waals surface area contributed by atoms with E-state index in [-0.39, 0.29) is 12.5 Å². The number of hydrogen-bond donors (Lipinski definition) is 0. The SMILES string of the molecule is CN(CC(=O)N(C)c1nccs1)C(=O)C#Cc1ccccc1. The van der Waals surface area contributed by atoms with Gasteiger partial charge in [0.1, 0.15) is 6.54 Å². The first-order valence-electron chi connectivity index (χ1n) is 6.56. The van der Waals surface area contributed by atoms with Gasteiger partial charge in [0.2, 0.25) is 5.91 Å². The van der Waals surface area contributed by atoms with Crippen molar-refractivity contribution in [2.75, 3.05) is 25.5 Å². The highest BCUT2D eigenvalue weighted by atomic mass is 32.1. The summed E-state index contributed by atoms with van der Waals surface area (Å²) in [6.45, 7) is -0.0433. The quantitative estimate of drug-likeness (QED) is 0.809. The second-order valence-corrected chi connectivity index (χ2v) is 5.42. The largest absolute Gasteiger partial charge is 0.326 e. The molecule has 1 heterocycles. The zero-order valence-corrected chi connectivity index (χ0v) is 13.1. The van der Waals surface area contributed by atoms with Crippen LogP contribution in [0.2, 0.25) is 0 Å². The third-order valence-electron chi connectivity index (χ3n) is 2.89. The van der Waals surface area contributed by atoms with Crippen LogP contribution in [0.15, 0.2) is 41.9 Å². The number of anilines is 1. The monoisotopic (exact) mass is 313 g/mol. The van der Waals surface area contributed by atoms with Crippen LogP contribution in [-0.4, -0.2) is 42.3 Å². The van der Waals surface area contributed by atoms with E-state index in [0.717, 1.165) is 5.56 Å². The first kappa shape index (κ1) is 15.7. The number of likely N-dealkylation sites (N-methyl/N-ethyl adjacent to an activating group) is 2. The smallest absolute Gasteiger partial charge is 0.299 e. The van der Waals surface area contributed by atoms with Crippen LogP contribution in [0, 0.1) is 11.8 Å². The zero-order chi connectivity index (χ0) is 15.9. The van der Waals surface area contributed by atoms with E-state index < -0.39 is 5.91 Å². The minimum absolute atomic E-state index is 0.0433. The minimum Gasteiger partial charge on any atom is -0.326 e. The number of rotatable bonds is 3. The molecule has 2 amide bonds. The molecular weight excluding hydrogens is 298 g/mol. The van der Waals surface area contributed by atoms with Crippen molar-refractivity contribution in [3.05, 3.63) is 47.5 Å². The van der Waals surface area contributed by atoms with E-state index in [2.05, 4.69) is 16.8 Å². The van der Waals surface area contributed by atoms with Crippen molar-refractivity contribution in [3.8, 4) is 11.8 Å². The number of hydrogen-bond acceptors (Lipinski definition) is 4. The standard InChI is InChI=1S/C16H15N3O2S/c1-18(12-15(21)19(2)16-17-10-11-22-16)14(20)9-8-13-6-4-3-5-7-13/h3-7,10-11H,12H2,1-2H3. The molecule has 22 heavy (non-hydrogen) atoms. The molecule has 112 valence electrons. The Bertz CT molecular complexity index is 702. The molecule has 0 spiro atoms. The van der Waals surface area contributed by atoms with Gasteiger partial charge >= 0.3 is 0 Å². The Labute approximate surface area is 133 Å². The molecule has 0 N–H and O–H groups in total. The Morgan fingerprint density at radius 1 is 1.23 bits per heavy atom. The molecule has 0 aliphatic carbocycles. The van der Waals surface area contributed by atoms with Gasteiger partial charge in [-0.25, -0.2) is 4.98 Å². The number of thiazole rings is 1. The van der Waals surface area contributed by atoms with E-state index >= 15 is 0 Å². The van der Waals surface area contributed by atoms with Crippen molar-refractivity contribution in [1.29, 1.82) is 0 Å². The van der Waals surface area contributed by atoms with Gasteiger partial charge in [0.25, 0.3) is 5.91 Å². The fourth-order valence-corrected chi connectivity index (χ4v) is 2.24. The summed E-state index contributed by atoms with van der Waals surface area (Å²) in [7, 11) is 3.19. The fraction of sp³-hybridized carbons (Fsp3) is 0.188. The lowest BCUT2D eigenvalue weighted by atomic mass is 10.2. The Balaban J connectivity index is 1.94. The van der Waals surface area contributed by atoms with Gasteiger partial charge in [0.15, 0.2) is 5.13 Å². The molecule has 0 saturated heterocycles. The molecule has 0 saturated carbocycles. The Morgan fingerprint density at radius 3 is 2.59 bits per heavy atom. The van der Waals surface area contributed by atoms with E-state index in [1.165, 1.54) is 21.1 Å². The zero-order valence-electron chi connectivity index (χ0n) is 12.3. The first-order valence-corrected chi connectivity index (χ1v) is 7.44. The van der Waals surface area contributed by atoms with Crippen LogP contribution < -0.4 is 4.90 Å². The molecule has 0 unspecified atom stereocenters. The number of benzene rings is 1. The third kappa shape index (κ3) is 4.17. The molecule has 0 atom stereocenters. The molecule has 1 aromatic heterocycles.